The SMILES string of the molecule is C1CSCCN1.O=S1CCNCC1. The molecule has 0 aromatic heterocycles. The van der Waals surface area contributed by atoms with Gasteiger partial charge in [0.25, 0.3) is 0 Å². The molecule has 0 aliphatic carbocycles. The molecule has 0 unspecified atom stereocenters. The lowest BCUT2D eigenvalue weighted by atomic mass is 10.6. The first-order chi connectivity index (χ1) is 6.39. The summed E-state index contributed by atoms with van der Waals surface area (Å²) in [6.07, 6.45) is 0. The normalized spacial score (nSPS) is 24.6. The van der Waals surface area contributed by atoms with Gasteiger partial charge in [0.1, 0.15) is 0 Å². The molecule has 2 aliphatic rings. The van der Waals surface area contributed by atoms with Crippen LogP contribution < -0.4 is 10.6 Å². The van der Waals surface area contributed by atoms with Crippen molar-refractivity contribution in [1.29, 1.82) is 0 Å². The minimum Gasteiger partial charge on any atom is -0.315 e. The molecule has 0 bridgehead atoms. The summed E-state index contributed by atoms with van der Waals surface area (Å²) in [5, 5.41) is 6.39. The van der Waals surface area contributed by atoms with E-state index < -0.39 is 10.8 Å². The van der Waals surface area contributed by atoms with Crippen LogP contribution in [0.1, 0.15) is 0 Å². The van der Waals surface area contributed by atoms with E-state index in [0.29, 0.717) is 0 Å². The third kappa shape index (κ3) is 6.49. The minimum absolute atomic E-state index is 0.503. The molecule has 0 spiro atoms. The Bertz CT molecular complexity index is 132. The van der Waals surface area contributed by atoms with Gasteiger partial charge in [0, 0.05) is 60.0 Å². The van der Waals surface area contributed by atoms with Gasteiger partial charge in [-0.05, 0) is 0 Å². The molecule has 0 saturated carbocycles. The van der Waals surface area contributed by atoms with Gasteiger partial charge in [-0.2, -0.15) is 11.8 Å². The topological polar surface area (TPSA) is 41.1 Å². The van der Waals surface area contributed by atoms with Gasteiger partial charge < -0.3 is 10.6 Å². The molecule has 0 amide bonds. The van der Waals surface area contributed by atoms with Gasteiger partial charge in [0.05, 0.1) is 0 Å². The highest BCUT2D eigenvalue weighted by Crippen LogP contribution is 1.99. The molecule has 0 atom stereocenters. The Labute approximate surface area is 86.9 Å². The van der Waals surface area contributed by atoms with Crippen molar-refractivity contribution in [2.24, 2.45) is 0 Å². The minimum atomic E-state index is -0.503. The third-order valence-electron chi connectivity index (χ3n) is 1.86. The Kier molecular flexibility index (Phi) is 6.89. The predicted octanol–water partition coefficient (Wildman–Crippen LogP) is -0.339. The standard InChI is InChI=1S/C4H9NOS.C4H9NS/c6-7-3-1-5-2-4-7;1-3-6-4-2-5-1/h5H,1-4H2;5H,1-4H2. The first-order valence-corrected chi connectivity index (χ1v) is 7.38. The molecule has 0 radical (unpaired) electrons. The van der Waals surface area contributed by atoms with Gasteiger partial charge in [0.2, 0.25) is 0 Å². The quantitative estimate of drug-likeness (QED) is 0.588. The Morgan fingerprint density at radius 1 is 0.923 bits per heavy atom. The van der Waals surface area contributed by atoms with Crippen molar-refractivity contribution in [2.45, 2.75) is 0 Å². The highest BCUT2D eigenvalue weighted by Gasteiger charge is 2.03. The first-order valence-electron chi connectivity index (χ1n) is 4.74. The van der Waals surface area contributed by atoms with Crippen molar-refractivity contribution < 1.29 is 4.21 Å². The maximum atomic E-state index is 10.5. The zero-order chi connectivity index (χ0) is 9.36. The van der Waals surface area contributed by atoms with Gasteiger partial charge in [-0.3, -0.25) is 4.21 Å². The second kappa shape index (κ2) is 7.79. The maximum Gasteiger partial charge on any atom is 0.0360 e. The van der Waals surface area contributed by atoms with Crippen LogP contribution in [-0.2, 0) is 10.8 Å². The second-order valence-electron chi connectivity index (χ2n) is 2.96. The largest absolute Gasteiger partial charge is 0.315 e. The third-order valence-corrected chi connectivity index (χ3v) is 4.16. The van der Waals surface area contributed by atoms with Crippen LogP contribution in [0.3, 0.4) is 0 Å². The monoisotopic (exact) mass is 222 g/mol. The van der Waals surface area contributed by atoms with Crippen LogP contribution in [0.25, 0.3) is 0 Å². The predicted molar refractivity (Wildman–Crippen MR) is 60.9 cm³/mol. The molecule has 3 nitrogen and oxygen atoms in total. The molecule has 0 aromatic rings. The Morgan fingerprint density at radius 3 is 1.69 bits per heavy atom. The fourth-order valence-electron chi connectivity index (χ4n) is 1.11. The average Bonchev–Trinajstić information content (AvgIpc) is 2.22. The fraction of sp³-hybridized carbons (Fsp3) is 1.00. The van der Waals surface area contributed by atoms with E-state index in [1.165, 1.54) is 24.6 Å². The molecule has 2 N–H and O–H groups in total. The van der Waals surface area contributed by atoms with Gasteiger partial charge in [0.15, 0.2) is 0 Å². The maximum absolute atomic E-state index is 10.5. The van der Waals surface area contributed by atoms with Gasteiger partial charge in [-0.25, -0.2) is 0 Å². The van der Waals surface area contributed by atoms with Crippen LogP contribution in [0.2, 0.25) is 0 Å². The van der Waals surface area contributed by atoms with E-state index in [-0.39, 0.29) is 0 Å². The van der Waals surface area contributed by atoms with Gasteiger partial charge in [-0.1, -0.05) is 0 Å². The number of hydrogen-bond acceptors (Lipinski definition) is 4. The molecule has 78 valence electrons. The van der Waals surface area contributed by atoms with E-state index >= 15 is 0 Å². The average molecular weight is 222 g/mol. The summed E-state index contributed by atoms with van der Waals surface area (Å²) in [6.45, 7) is 4.30. The highest BCUT2D eigenvalue weighted by atomic mass is 32.2. The number of thioether (sulfide) groups is 1. The molecule has 2 fully saturated rings. The first kappa shape index (κ1) is 11.5. The van der Waals surface area contributed by atoms with E-state index in [1.54, 1.807) is 0 Å². The summed E-state index contributed by atoms with van der Waals surface area (Å²) >= 11 is 2.03. The highest BCUT2D eigenvalue weighted by molar-refractivity contribution is 7.99. The second-order valence-corrected chi connectivity index (χ2v) is 5.88. The number of nitrogens with one attached hydrogen (secondary N) is 2. The van der Waals surface area contributed by atoms with E-state index in [0.717, 1.165) is 24.6 Å². The van der Waals surface area contributed by atoms with Crippen LogP contribution in [0.15, 0.2) is 0 Å². The van der Waals surface area contributed by atoms with Gasteiger partial charge in [-0.15, -0.1) is 0 Å². The summed E-state index contributed by atoms with van der Waals surface area (Å²) in [5.41, 5.74) is 0. The van der Waals surface area contributed by atoms with Crippen molar-refractivity contribution in [2.75, 3.05) is 49.2 Å². The van der Waals surface area contributed by atoms with Crippen molar-refractivity contribution >= 4 is 22.6 Å². The van der Waals surface area contributed by atoms with Crippen LogP contribution in [0.5, 0.6) is 0 Å². The molecule has 0 aromatic carbocycles. The van der Waals surface area contributed by atoms with E-state index in [1.807, 2.05) is 11.8 Å². The van der Waals surface area contributed by atoms with Crippen LogP contribution in [0.4, 0.5) is 0 Å². The lowest BCUT2D eigenvalue weighted by Crippen LogP contribution is -2.32. The molecular formula is C8H18N2OS2. The lowest BCUT2D eigenvalue weighted by Gasteiger charge is -2.09. The lowest BCUT2D eigenvalue weighted by molar-refractivity contribution is 0.659. The molecule has 2 saturated heterocycles. The number of rotatable bonds is 0. The van der Waals surface area contributed by atoms with Crippen molar-refractivity contribution in [3.63, 3.8) is 0 Å². The van der Waals surface area contributed by atoms with E-state index in [2.05, 4.69) is 10.6 Å². The fourth-order valence-corrected chi connectivity index (χ4v) is 2.84. The Hall–Kier alpha value is 0.420. The van der Waals surface area contributed by atoms with E-state index in [9.17, 15) is 4.21 Å². The molecule has 2 rings (SSSR count). The molecular weight excluding hydrogens is 204 g/mol. The Morgan fingerprint density at radius 2 is 1.46 bits per heavy atom. The van der Waals surface area contributed by atoms with Crippen molar-refractivity contribution in [3.8, 4) is 0 Å². The zero-order valence-electron chi connectivity index (χ0n) is 7.88. The number of hydrogen-bond donors (Lipinski definition) is 2. The summed E-state index contributed by atoms with van der Waals surface area (Å²) in [5.74, 6) is 4.31. The summed E-state index contributed by atoms with van der Waals surface area (Å²) in [7, 11) is -0.503. The summed E-state index contributed by atoms with van der Waals surface area (Å²) in [4.78, 5) is 0. The Balaban J connectivity index is 0.000000132. The van der Waals surface area contributed by atoms with Gasteiger partial charge >= 0.3 is 0 Å². The smallest absolute Gasteiger partial charge is 0.0360 e. The van der Waals surface area contributed by atoms with Crippen LogP contribution >= 0.6 is 11.8 Å². The van der Waals surface area contributed by atoms with Crippen molar-refractivity contribution in [1.82, 2.24) is 10.6 Å². The van der Waals surface area contributed by atoms with Crippen LogP contribution in [-0.4, -0.2) is 53.4 Å². The molecule has 13 heavy (non-hydrogen) atoms. The zero-order valence-corrected chi connectivity index (χ0v) is 9.51. The summed E-state index contributed by atoms with van der Waals surface area (Å²) in [6, 6.07) is 0. The molecule has 2 aliphatic heterocycles. The van der Waals surface area contributed by atoms with Crippen molar-refractivity contribution in [3.05, 3.63) is 0 Å². The molecule has 5 heteroatoms. The molecule has 2 heterocycles. The summed E-state index contributed by atoms with van der Waals surface area (Å²) < 4.78 is 10.5. The van der Waals surface area contributed by atoms with Crippen LogP contribution in [0, 0.1) is 0 Å². The van der Waals surface area contributed by atoms with E-state index in [4.69, 9.17) is 0 Å².